The average molecular weight is 300 g/mol. The van der Waals surface area contributed by atoms with Crippen molar-refractivity contribution in [3.05, 3.63) is 47.3 Å². The summed E-state index contributed by atoms with van der Waals surface area (Å²) in [5, 5.41) is 13.0. The number of carboxylic acid groups (broad SMARTS) is 1. The first-order valence-corrected chi connectivity index (χ1v) is 7.23. The van der Waals surface area contributed by atoms with Gasteiger partial charge in [-0.05, 0) is 31.4 Å². The number of benzene rings is 1. The molecular formula is C16H16N2O4. The van der Waals surface area contributed by atoms with E-state index in [2.05, 4.69) is 5.16 Å². The van der Waals surface area contributed by atoms with Crippen molar-refractivity contribution in [2.24, 2.45) is 0 Å². The number of nitrogens with zero attached hydrogens (tertiary/aromatic N) is 2. The Morgan fingerprint density at radius 3 is 2.64 bits per heavy atom. The molecule has 0 aliphatic heterocycles. The number of carboxylic acids is 1. The fraction of sp³-hybridized carbons (Fsp3) is 0.312. The quantitative estimate of drug-likeness (QED) is 0.936. The van der Waals surface area contributed by atoms with Crippen LogP contribution in [0.5, 0.6) is 0 Å². The Hall–Kier alpha value is -2.63. The van der Waals surface area contributed by atoms with Gasteiger partial charge in [0.05, 0.1) is 0 Å². The highest BCUT2D eigenvalue weighted by Gasteiger charge is 2.29. The number of hydrogen-bond acceptors (Lipinski definition) is 4. The molecule has 114 valence electrons. The largest absolute Gasteiger partial charge is 0.480 e. The van der Waals surface area contributed by atoms with Crippen LogP contribution in [-0.2, 0) is 17.6 Å². The van der Waals surface area contributed by atoms with Crippen LogP contribution in [0.1, 0.15) is 34.7 Å². The van der Waals surface area contributed by atoms with E-state index in [1.807, 2.05) is 6.07 Å². The molecular weight excluding hydrogens is 284 g/mol. The molecule has 1 aliphatic rings. The number of para-hydroxylation sites is 1. The molecule has 1 N–H and O–H groups in total. The highest BCUT2D eigenvalue weighted by atomic mass is 16.5. The zero-order valence-corrected chi connectivity index (χ0v) is 12.0. The van der Waals surface area contributed by atoms with E-state index in [1.54, 1.807) is 24.3 Å². The highest BCUT2D eigenvalue weighted by Crippen LogP contribution is 2.26. The lowest BCUT2D eigenvalue weighted by atomic mass is 9.96. The normalized spacial score (nSPS) is 13.5. The molecule has 6 nitrogen and oxygen atoms in total. The summed E-state index contributed by atoms with van der Waals surface area (Å²) in [7, 11) is 0. The van der Waals surface area contributed by atoms with Crippen molar-refractivity contribution in [3.8, 4) is 0 Å². The number of aromatic nitrogens is 1. The topological polar surface area (TPSA) is 83.6 Å². The molecule has 0 radical (unpaired) electrons. The minimum absolute atomic E-state index is 0.236. The Kier molecular flexibility index (Phi) is 3.91. The number of anilines is 1. The molecule has 1 aromatic heterocycles. The molecule has 2 aromatic rings. The van der Waals surface area contributed by atoms with Crippen LogP contribution >= 0.6 is 0 Å². The third-order valence-corrected chi connectivity index (χ3v) is 3.76. The van der Waals surface area contributed by atoms with Crippen LogP contribution in [-0.4, -0.2) is 28.7 Å². The third-order valence-electron chi connectivity index (χ3n) is 3.76. The Bertz CT molecular complexity index is 693. The number of aryl methyl sites for hydroxylation is 1. The molecule has 0 spiro atoms. The van der Waals surface area contributed by atoms with E-state index in [0.717, 1.165) is 37.0 Å². The Morgan fingerprint density at radius 2 is 1.91 bits per heavy atom. The molecule has 1 amide bonds. The van der Waals surface area contributed by atoms with Crippen LogP contribution in [0, 0.1) is 0 Å². The van der Waals surface area contributed by atoms with Gasteiger partial charge in [0.25, 0.3) is 5.91 Å². The lowest BCUT2D eigenvalue weighted by Crippen LogP contribution is -2.36. The van der Waals surface area contributed by atoms with E-state index < -0.39 is 18.4 Å². The lowest BCUT2D eigenvalue weighted by Gasteiger charge is -2.20. The molecule has 0 bridgehead atoms. The van der Waals surface area contributed by atoms with E-state index in [4.69, 9.17) is 9.63 Å². The second-order valence-corrected chi connectivity index (χ2v) is 5.26. The van der Waals surface area contributed by atoms with Gasteiger partial charge in [-0.1, -0.05) is 23.4 Å². The summed E-state index contributed by atoms with van der Waals surface area (Å²) in [4.78, 5) is 25.1. The summed E-state index contributed by atoms with van der Waals surface area (Å²) >= 11 is 0. The number of carbonyl (C=O) groups excluding carboxylic acids is 1. The standard InChI is InChI=1S/C16H16N2O4/c19-14(20)10-18(11-6-2-1-3-7-11)16(21)15-12-8-4-5-9-13(12)22-17-15/h1-3,6-7H,4-5,8-10H2,(H,19,20). The van der Waals surface area contributed by atoms with Crippen LogP contribution < -0.4 is 4.90 Å². The second kappa shape index (κ2) is 6.01. The van der Waals surface area contributed by atoms with Crippen LogP contribution in [0.25, 0.3) is 0 Å². The molecule has 1 heterocycles. The Labute approximate surface area is 127 Å². The van der Waals surface area contributed by atoms with Gasteiger partial charge >= 0.3 is 5.97 Å². The summed E-state index contributed by atoms with van der Waals surface area (Å²) in [5.74, 6) is -0.756. The number of amides is 1. The Morgan fingerprint density at radius 1 is 1.18 bits per heavy atom. The van der Waals surface area contributed by atoms with Crippen molar-refractivity contribution in [2.45, 2.75) is 25.7 Å². The van der Waals surface area contributed by atoms with Crippen molar-refractivity contribution in [2.75, 3.05) is 11.4 Å². The van der Waals surface area contributed by atoms with Gasteiger partial charge in [-0.25, -0.2) is 0 Å². The molecule has 0 fully saturated rings. The summed E-state index contributed by atoms with van der Waals surface area (Å²) in [6.07, 6.45) is 3.53. The molecule has 1 aliphatic carbocycles. The highest BCUT2D eigenvalue weighted by molar-refractivity contribution is 6.07. The molecule has 3 rings (SSSR count). The molecule has 6 heteroatoms. The Balaban J connectivity index is 1.96. The third kappa shape index (κ3) is 2.72. The van der Waals surface area contributed by atoms with Gasteiger partial charge in [0, 0.05) is 17.7 Å². The van der Waals surface area contributed by atoms with Crippen LogP contribution in [0.4, 0.5) is 5.69 Å². The minimum Gasteiger partial charge on any atom is -0.480 e. The number of rotatable bonds is 4. The fourth-order valence-electron chi connectivity index (χ4n) is 2.70. The monoisotopic (exact) mass is 300 g/mol. The lowest BCUT2D eigenvalue weighted by molar-refractivity contribution is -0.135. The van der Waals surface area contributed by atoms with E-state index >= 15 is 0 Å². The van der Waals surface area contributed by atoms with Crippen molar-refractivity contribution in [3.63, 3.8) is 0 Å². The van der Waals surface area contributed by atoms with E-state index in [9.17, 15) is 9.59 Å². The first kappa shape index (κ1) is 14.3. The first-order valence-electron chi connectivity index (χ1n) is 7.23. The van der Waals surface area contributed by atoms with Gasteiger partial charge in [0.15, 0.2) is 5.69 Å². The SMILES string of the molecule is O=C(O)CN(C(=O)c1noc2c1CCCC2)c1ccccc1. The van der Waals surface area contributed by atoms with Gasteiger partial charge in [-0.2, -0.15) is 0 Å². The minimum atomic E-state index is -1.07. The van der Waals surface area contributed by atoms with Gasteiger partial charge in [0.1, 0.15) is 12.3 Å². The predicted molar refractivity (Wildman–Crippen MR) is 78.9 cm³/mol. The second-order valence-electron chi connectivity index (χ2n) is 5.26. The maximum Gasteiger partial charge on any atom is 0.323 e. The van der Waals surface area contributed by atoms with Crippen molar-refractivity contribution >= 4 is 17.6 Å². The van der Waals surface area contributed by atoms with Gasteiger partial charge in [-0.15, -0.1) is 0 Å². The predicted octanol–water partition coefficient (Wildman–Crippen LogP) is 2.28. The molecule has 0 unspecified atom stereocenters. The zero-order valence-electron chi connectivity index (χ0n) is 12.0. The fourth-order valence-corrected chi connectivity index (χ4v) is 2.70. The molecule has 0 atom stereocenters. The summed E-state index contributed by atoms with van der Waals surface area (Å²) in [5.41, 5.74) is 1.59. The van der Waals surface area contributed by atoms with Gasteiger partial charge in [-0.3, -0.25) is 14.5 Å². The number of fused-ring (bicyclic) bond motifs is 1. The number of hydrogen-bond donors (Lipinski definition) is 1. The van der Waals surface area contributed by atoms with E-state index in [-0.39, 0.29) is 5.69 Å². The van der Waals surface area contributed by atoms with Crippen molar-refractivity contribution in [1.29, 1.82) is 0 Å². The molecule has 0 saturated heterocycles. The average Bonchev–Trinajstić information content (AvgIpc) is 2.97. The smallest absolute Gasteiger partial charge is 0.323 e. The zero-order chi connectivity index (χ0) is 15.5. The summed E-state index contributed by atoms with van der Waals surface area (Å²) in [6, 6.07) is 8.73. The number of aliphatic carboxylic acids is 1. The van der Waals surface area contributed by atoms with Crippen LogP contribution in [0.3, 0.4) is 0 Å². The summed E-state index contributed by atoms with van der Waals surface area (Å²) in [6.45, 7) is -0.412. The number of carbonyl (C=O) groups is 2. The molecule has 1 aromatic carbocycles. The van der Waals surface area contributed by atoms with Crippen LogP contribution in [0.2, 0.25) is 0 Å². The van der Waals surface area contributed by atoms with E-state index in [1.165, 1.54) is 4.90 Å². The van der Waals surface area contributed by atoms with E-state index in [0.29, 0.717) is 5.69 Å². The molecule has 22 heavy (non-hydrogen) atoms. The first-order chi connectivity index (χ1) is 10.7. The maximum absolute atomic E-state index is 12.8. The maximum atomic E-state index is 12.8. The van der Waals surface area contributed by atoms with Gasteiger partial charge < -0.3 is 9.63 Å². The van der Waals surface area contributed by atoms with Crippen molar-refractivity contribution in [1.82, 2.24) is 5.16 Å². The van der Waals surface area contributed by atoms with Crippen LogP contribution in [0.15, 0.2) is 34.9 Å². The van der Waals surface area contributed by atoms with Gasteiger partial charge in [0.2, 0.25) is 0 Å². The molecule has 0 saturated carbocycles. The van der Waals surface area contributed by atoms with Crippen molar-refractivity contribution < 1.29 is 19.2 Å². The summed E-state index contributed by atoms with van der Waals surface area (Å²) < 4.78 is 5.25.